The van der Waals surface area contributed by atoms with E-state index in [9.17, 15) is 9.59 Å². The van der Waals surface area contributed by atoms with Crippen molar-refractivity contribution in [2.24, 2.45) is 0 Å². The zero-order chi connectivity index (χ0) is 17.8. The van der Waals surface area contributed by atoms with Gasteiger partial charge >= 0.3 is 6.03 Å². The fourth-order valence-electron chi connectivity index (χ4n) is 3.18. The van der Waals surface area contributed by atoms with Gasteiger partial charge in [0.2, 0.25) is 5.91 Å². The van der Waals surface area contributed by atoms with E-state index in [1.54, 1.807) is 7.05 Å². The molecule has 3 rings (SSSR count). The molecule has 1 fully saturated rings. The third-order valence-corrected chi connectivity index (χ3v) is 4.68. The first-order chi connectivity index (χ1) is 12.1. The van der Waals surface area contributed by atoms with Crippen LogP contribution in [0.25, 0.3) is 11.1 Å². The molecule has 0 radical (unpaired) electrons. The van der Waals surface area contributed by atoms with E-state index in [2.05, 4.69) is 15.6 Å². The number of benzene rings is 1. The monoisotopic (exact) mass is 344 g/mol. The molecule has 1 aromatic carbocycles. The lowest BCUT2D eigenvalue weighted by molar-refractivity contribution is -0.132. The van der Waals surface area contributed by atoms with Gasteiger partial charge in [0.25, 0.3) is 0 Å². The molecule has 0 bridgehead atoms. The molecule has 0 aliphatic carbocycles. The Balaban J connectivity index is 1.53. The van der Waals surface area contributed by atoms with Gasteiger partial charge in [0.05, 0.1) is 0 Å². The molecular formula is C18H24N4O3. The van der Waals surface area contributed by atoms with Gasteiger partial charge in [0, 0.05) is 39.0 Å². The molecule has 2 aromatic rings. The molecular weight excluding hydrogens is 320 g/mol. The fourth-order valence-corrected chi connectivity index (χ4v) is 3.18. The van der Waals surface area contributed by atoms with Crippen LogP contribution in [0.5, 0.6) is 0 Å². The predicted molar refractivity (Wildman–Crippen MR) is 94.4 cm³/mol. The zero-order valence-corrected chi connectivity index (χ0v) is 14.7. The highest BCUT2D eigenvalue weighted by Gasteiger charge is 2.27. The molecule has 3 amide bonds. The highest BCUT2D eigenvalue weighted by molar-refractivity contribution is 5.78. The van der Waals surface area contributed by atoms with E-state index in [1.807, 2.05) is 30.0 Å². The van der Waals surface area contributed by atoms with Crippen molar-refractivity contribution in [3.05, 3.63) is 29.7 Å². The van der Waals surface area contributed by atoms with Gasteiger partial charge in [-0.15, -0.1) is 0 Å². The van der Waals surface area contributed by atoms with E-state index in [0.717, 1.165) is 35.4 Å². The first kappa shape index (κ1) is 17.3. The van der Waals surface area contributed by atoms with Crippen molar-refractivity contribution in [3.8, 4) is 0 Å². The van der Waals surface area contributed by atoms with Gasteiger partial charge in [-0.05, 0) is 31.4 Å². The molecule has 0 atom stereocenters. The number of carbonyl (C=O) groups is 2. The van der Waals surface area contributed by atoms with Crippen molar-refractivity contribution in [1.82, 2.24) is 20.5 Å². The zero-order valence-electron chi connectivity index (χ0n) is 14.7. The van der Waals surface area contributed by atoms with Gasteiger partial charge in [-0.25, -0.2) is 9.78 Å². The summed E-state index contributed by atoms with van der Waals surface area (Å²) < 4.78 is 5.97. The Morgan fingerprint density at radius 3 is 2.76 bits per heavy atom. The van der Waals surface area contributed by atoms with Crippen molar-refractivity contribution >= 4 is 23.0 Å². The number of aromatic nitrogens is 1. The number of piperidine rings is 1. The van der Waals surface area contributed by atoms with E-state index in [4.69, 9.17) is 4.42 Å². The lowest BCUT2D eigenvalue weighted by Gasteiger charge is -2.30. The predicted octanol–water partition coefficient (Wildman–Crippen LogP) is 2.16. The minimum atomic E-state index is -0.266. The van der Waals surface area contributed by atoms with Gasteiger partial charge in [0.15, 0.2) is 11.5 Å². The molecule has 7 nitrogen and oxygen atoms in total. The summed E-state index contributed by atoms with van der Waals surface area (Å²) in [5.41, 5.74) is 2.84. The number of oxazole rings is 1. The first-order valence-corrected chi connectivity index (χ1v) is 8.68. The van der Waals surface area contributed by atoms with Crippen molar-refractivity contribution in [2.45, 2.75) is 32.1 Å². The van der Waals surface area contributed by atoms with Gasteiger partial charge in [-0.3, -0.25) is 4.79 Å². The van der Waals surface area contributed by atoms with Crippen molar-refractivity contribution in [1.29, 1.82) is 0 Å². The number of aryl methyl sites for hydroxylation is 1. The Bertz CT molecular complexity index is 763. The molecule has 2 heterocycles. The number of fused-ring (bicyclic) bond motifs is 1. The smallest absolute Gasteiger partial charge is 0.314 e. The molecule has 0 saturated carbocycles. The first-order valence-electron chi connectivity index (χ1n) is 8.68. The van der Waals surface area contributed by atoms with Crippen LogP contribution in [0.15, 0.2) is 22.6 Å². The molecule has 2 N–H and O–H groups in total. The van der Waals surface area contributed by atoms with Gasteiger partial charge in [-0.1, -0.05) is 12.1 Å². The lowest BCUT2D eigenvalue weighted by atomic mass is 9.96. The van der Waals surface area contributed by atoms with Crippen LogP contribution in [-0.2, 0) is 4.79 Å². The number of nitrogens with one attached hydrogen (secondary N) is 2. The number of nitrogens with zero attached hydrogens (tertiary/aromatic N) is 2. The molecule has 134 valence electrons. The maximum atomic E-state index is 12.2. The second-order valence-corrected chi connectivity index (χ2v) is 6.39. The Morgan fingerprint density at radius 1 is 1.32 bits per heavy atom. The molecule has 1 saturated heterocycles. The third-order valence-electron chi connectivity index (χ3n) is 4.68. The molecule has 1 aromatic heterocycles. The van der Waals surface area contributed by atoms with Crippen LogP contribution in [0.1, 0.15) is 36.6 Å². The molecule has 0 spiro atoms. The quantitative estimate of drug-likeness (QED) is 0.890. The minimum absolute atomic E-state index is 0.0725. The Hall–Kier alpha value is -2.57. The Labute approximate surface area is 146 Å². The fraction of sp³-hybridized carbons (Fsp3) is 0.500. The summed E-state index contributed by atoms with van der Waals surface area (Å²) in [4.78, 5) is 29.8. The second kappa shape index (κ2) is 7.55. The van der Waals surface area contributed by atoms with E-state index in [0.29, 0.717) is 26.1 Å². The molecule has 7 heteroatoms. The number of urea groups is 1. The number of amides is 3. The number of carbonyl (C=O) groups excluding carboxylic acids is 2. The maximum Gasteiger partial charge on any atom is 0.314 e. The van der Waals surface area contributed by atoms with E-state index in [-0.39, 0.29) is 17.9 Å². The van der Waals surface area contributed by atoms with Crippen LogP contribution >= 0.6 is 0 Å². The number of likely N-dealkylation sites (tertiary alicyclic amines) is 1. The van der Waals surface area contributed by atoms with Gasteiger partial charge in [0.1, 0.15) is 5.52 Å². The topological polar surface area (TPSA) is 87.5 Å². The second-order valence-electron chi connectivity index (χ2n) is 6.39. The van der Waals surface area contributed by atoms with Crippen molar-refractivity contribution in [2.75, 3.05) is 26.7 Å². The van der Waals surface area contributed by atoms with Crippen LogP contribution in [0, 0.1) is 6.92 Å². The van der Waals surface area contributed by atoms with E-state index < -0.39 is 0 Å². The van der Waals surface area contributed by atoms with Crippen molar-refractivity contribution < 1.29 is 14.0 Å². The van der Waals surface area contributed by atoms with Gasteiger partial charge < -0.3 is 20.0 Å². The molecule has 1 aliphatic rings. The van der Waals surface area contributed by atoms with Crippen LogP contribution in [0.2, 0.25) is 0 Å². The highest BCUT2D eigenvalue weighted by Crippen LogP contribution is 2.31. The van der Waals surface area contributed by atoms with Crippen LogP contribution < -0.4 is 10.6 Å². The Kier molecular flexibility index (Phi) is 5.21. The third kappa shape index (κ3) is 3.92. The van der Waals surface area contributed by atoms with Crippen LogP contribution in [0.4, 0.5) is 4.79 Å². The lowest BCUT2D eigenvalue weighted by Crippen LogP contribution is -2.40. The van der Waals surface area contributed by atoms with Crippen LogP contribution in [0.3, 0.4) is 0 Å². The molecule has 0 unspecified atom stereocenters. The summed E-state index contributed by atoms with van der Waals surface area (Å²) in [6.45, 7) is 3.76. The summed E-state index contributed by atoms with van der Waals surface area (Å²) in [6.07, 6.45) is 2.02. The summed E-state index contributed by atoms with van der Waals surface area (Å²) in [7, 11) is 1.55. The highest BCUT2D eigenvalue weighted by atomic mass is 16.3. The van der Waals surface area contributed by atoms with Gasteiger partial charge in [-0.2, -0.15) is 0 Å². The number of hydrogen-bond donors (Lipinski definition) is 2. The van der Waals surface area contributed by atoms with E-state index >= 15 is 0 Å². The summed E-state index contributed by atoms with van der Waals surface area (Å²) in [5.74, 6) is 1.10. The summed E-state index contributed by atoms with van der Waals surface area (Å²) in [6, 6.07) is 5.70. The average Bonchev–Trinajstić information content (AvgIpc) is 3.07. The number of hydrogen-bond acceptors (Lipinski definition) is 4. The minimum Gasteiger partial charge on any atom is -0.440 e. The average molecular weight is 344 g/mol. The molecule has 25 heavy (non-hydrogen) atoms. The summed E-state index contributed by atoms with van der Waals surface area (Å²) in [5, 5.41) is 5.10. The van der Waals surface area contributed by atoms with E-state index in [1.165, 1.54) is 0 Å². The normalized spacial score (nSPS) is 15.4. The number of rotatable bonds is 4. The standard InChI is InChI=1S/C18H24N4O3/c1-12-4-3-5-14-16(12)25-17(21-14)13-7-10-22(11-8-13)15(23)6-9-20-18(24)19-2/h3-5,13H,6-11H2,1-2H3,(H2,19,20,24). The van der Waals surface area contributed by atoms with Crippen LogP contribution in [-0.4, -0.2) is 48.5 Å². The summed E-state index contributed by atoms with van der Waals surface area (Å²) >= 11 is 0. The molecule has 1 aliphatic heterocycles. The SMILES string of the molecule is CNC(=O)NCCC(=O)N1CCC(c2nc3cccc(C)c3o2)CC1. The largest absolute Gasteiger partial charge is 0.440 e. The Morgan fingerprint density at radius 2 is 2.08 bits per heavy atom. The maximum absolute atomic E-state index is 12.2. The number of para-hydroxylation sites is 1. The van der Waals surface area contributed by atoms with Crippen molar-refractivity contribution in [3.63, 3.8) is 0 Å².